The van der Waals surface area contributed by atoms with E-state index < -0.39 is 0 Å². The average molecular weight is 412 g/mol. The van der Waals surface area contributed by atoms with E-state index in [2.05, 4.69) is 36.6 Å². The van der Waals surface area contributed by atoms with Crippen molar-refractivity contribution in [1.29, 1.82) is 5.26 Å². The molecule has 0 bridgehead atoms. The predicted octanol–water partition coefficient (Wildman–Crippen LogP) is 0.909. The van der Waals surface area contributed by atoms with Crippen molar-refractivity contribution >= 4 is 34.2 Å². The average Bonchev–Trinajstić information content (AvgIpc) is 3.38. The number of nitrogens with one attached hydrogen (secondary N) is 2. The molecule has 2 N–H and O–H groups in total. The number of thiazole rings is 1. The first-order valence-electron chi connectivity index (χ1n) is 9.36. The van der Waals surface area contributed by atoms with Crippen LogP contribution in [0, 0.1) is 11.3 Å². The van der Waals surface area contributed by atoms with Crippen molar-refractivity contribution in [2.75, 3.05) is 38.0 Å². The molecule has 2 saturated heterocycles. The zero-order valence-corrected chi connectivity index (χ0v) is 16.5. The Labute approximate surface area is 171 Å². The van der Waals surface area contributed by atoms with Gasteiger partial charge in [-0.3, -0.25) is 14.5 Å². The van der Waals surface area contributed by atoms with Crippen molar-refractivity contribution in [2.24, 2.45) is 0 Å². The van der Waals surface area contributed by atoms with Crippen molar-refractivity contribution in [3.63, 3.8) is 0 Å². The second-order valence-corrected chi connectivity index (χ2v) is 7.69. The zero-order chi connectivity index (χ0) is 20.2. The lowest BCUT2D eigenvalue weighted by atomic mass is 10.1. The molecule has 0 saturated carbocycles. The monoisotopic (exact) mass is 412 g/mol. The molecule has 0 spiro atoms. The summed E-state index contributed by atoms with van der Waals surface area (Å²) < 4.78 is 0. The van der Waals surface area contributed by atoms with Gasteiger partial charge in [0.05, 0.1) is 30.9 Å². The van der Waals surface area contributed by atoms with Crippen molar-refractivity contribution in [3.8, 4) is 6.07 Å². The summed E-state index contributed by atoms with van der Waals surface area (Å²) in [5, 5.41) is 16.9. The van der Waals surface area contributed by atoms with Gasteiger partial charge in [0.1, 0.15) is 5.69 Å². The maximum atomic E-state index is 12.5. The molecule has 2 aliphatic heterocycles. The number of piperazine rings is 1. The van der Waals surface area contributed by atoms with E-state index >= 15 is 0 Å². The Hall–Kier alpha value is -3.10. The number of aromatic nitrogens is 3. The van der Waals surface area contributed by atoms with Gasteiger partial charge in [0.2, 0.25) is 11.9 Å². The molecule has 4 heterocycles. The summed E-state index contributed by atoms with van der Waals surface area (Å²) in [7, 11) is 0. The maximum Gasteiger partial charge on any atom is 0.273 e. The molecular formula is C18H20N8O2S. The first-order valence-corrected chi connectivity index (χ1v) is 10.2. The van der Waals surface area contributed by atoms with E-state index in [-0.39, 0.29) is 24.4 Å². The number of hydrogen-bond donors (Lipinski definition) is 2. The van der Waals surface area contributed by atoms with Crippen molar-refractivity contribution in [3.05, 3.63) is 29.0 Å². The van der Waals surface area contributed by atoms with Gasteiger partial charge >= 0.3 is 0 Å². The van der Waals surface area contributed by atoms with E-state index in [9.17, 15) is 9.59 Å². The van der Waals surface area contributed by atoms with Crippen molar-refractivity contribution in [1.82, 2.24) is 30.1 Å². The van der Waals surface area contributed by atoms with Crippen molar-refractivity contribution in [2.45, 2.75) is 18.9 Å². The van der Waals surface area contributed by atoms with E-state index in [0.29, 0.717) is 36.4 Å². The maximum absolute atomic E-state index is 12.5. The van der Waals surface area contributed by atoms with Crippen LogP contribution in [0.15, 0.2) is 17.6 Å². The number of carbonyl (C=O) groups is 2. The van der Waals surface area contributed by atoms with Gasteiger partial charge in [-0.15, -0.1) is 11.3 Å². The normalized spacial score (nSPS) is 19.6. The summed E-state index contributed by atoms with van der Waals surface area (Å²) in [6.45, 7) is 2.23. The number of carbonyl (C=O) groups excluding carboxylic acids is 2. The zero-order valence-electron chi connectivity index (χ0n) is 15.7. The summed E-state index contributed by atoms with van der Waals surface area (Å²) in [6, 6.07) is 4.18. The molecule has 2 aromatic rings. The molecule has 150 valence electrons. The highest BCUT2D eigenvalue weighted by molar-refractivity contribution is 7.14. The minimum Gasteiger partial charge on any atom is -0.353 e. The van der Waals surface area contributed by atoms with Gasteiger partial charge in [0.25, 0.3) is 5.91 Å². The van der Waals surface area contributed by atoms with Crippen LogP contribution in [0.3, 0.4) is 0 Å². The van der Waals surface area contributed by atoms with Crippen LogP contribution >= 0.6 is 11.3 Å². The molecule has 2 aliphatic rings. The number of nitriles is 1. The molecular weight excluding hydrogens is 392 g/mol. The lowest BCUT2D eigenvalue weighted by molar-refractivity contribution is -0.123. The third-order valence-electron chi connectivity index (χ3n) is 4.92. The Kier molecular flexibility index (Phi) is 5.64. The number of anilines is 2. The van der Waals surface area contributed by atoms with E-state index in [4.69, 9.17) is 5.26 Å². The number of hydrogen-bond acceptors (Lipinski definition) is 9. The first-order chi connectivity index (χ1) is 14.1. The largest absolute Gasteiger partial charge is 0.353 e. The molecule has 0 aromatic carbocycles. The van der Waals surface area contributed by atoms with Crippen LogP contribution < -0.4 is 10.6 Å². The minimum absolute atomic E-state index is 0.0465. The van der Waals surface area contributed by atoms with Gasteiger partial charge in [0, 0.05) is 24.7 Å². The van der Waals surface area contributed by atoms with Crippen LogP contribution in [-0.2, 0) is 4.79 Å². The number of amides is 2. The standard InChI is InChI=1S/C18H20N8O2S/c19-4-8-25-7-1-2-14(25)12-3-5-21-17(22-12)24-18-23-13(11-29-18)16(28)26-9-6-20-15(27)10-26/h3,5,11,14H,1-2,6-10H2,(H,20,27)(H,21,22,23,24)/t14-/m1/s1. The van der Waals surface area contributed by atoms with E-state index in [1.54, 1.807) is 11.6 Å². The third kappa shape index (κ3) is 4.33. The molecule has 0 unspecified atom stereocenters. The number of nitrogens with zero attached hydrogens (tertiary/aromatic N) is 6. The van der Waals surface area contributed by atoms with Crippen molar-refractivity contribution < 1.29 is 9.59 Å². The first kappa shape index (κ1) is 19.2. The van der Waals surface area contributed by atoms with E-state index in [1.807, 2.05) is 6.07 Å². The highest BCUT2D eigenvalue weighted by atomic mass is 32.1. The minimum atomic E-state index is -0.267. The molecule has 1 atom stereocenters. The Morgan fingerprint density at radius 2 is 2.31 bits per heavy atom. The Bertz CT molecular complexity index is 955. The third-order valence-corrected chi connectivity index (χ3v) is 5.68. The van der Waals surface area contributed by atoms with E-state index in [0.717, 1.165) is 25.1 Å². The number of rotatable bonds is 5. The van der Waals surface area contributed by atoms with Crippen LogP contribution in [0.5, 0.6) is 0 Å². The topological polar surface area (TPSA) is 127 Å². The second kappa shape index (κ2) is 8.50. The van der Waals surface area contributed by atoms with Crippen LogP contribution in [0.1, 0.15) is 35.1 Å². The van der Waals surface area contributed by atoms with E-state index in [1.165, 1.54) is 16.2 Å². The predicted molar refractivity (Wildman–Crippen MR) is 106 cm³/mol. The highest BCUT2D eigenvalue weighted by Gasteiger charge is 2.27. The van der Waals surface area contributed by atoms with Gasteiger partial charge in [0.15, 0.2) is 5.13 Å². The molecule has 0 radical (unpaired) electrons. The Balaban J connectivity index is 1.44. The fourth-order valence-corrected chi connectivity index (χ4v) is 4.24. The number of likely N-dealkylation sites (tertiary alicyclic amines) is 1. The lowest BCUT2D eigenvalue weighted by Gasteiger charge is -2.25. The van der Waals surface area contributed by atoms with Crippen LogP contribution in [0.25, 0.3) is 0 Å². The molecule has 10 nitrogen and oxygen atoms in total. The van der Waals surface area contributed by atoms with Gasteiger partial charge < -0.3 is 15.5 Å². The summed E-state index contributed by atoms with van der Waals surface area (Å²) in [5.74, 6) is -0.0327. The van der Waals surface area contributed by atoms with Gasteiger partial charge in [-0.25, -0.2) is 15.0 Å². The lowest BCUT2D eigenvalue weighted by Crippen LogP contribution is -2.50. The summed E-state index contributed by atoms with van der Waals surface area (Å²) in [6.07, 6.45) is 3.67. The SMILES string of the molecule is N#CCN1CCC[C@@H]1c1ccnc(Nc2nc(C(=O)N3CCNC(=O)C3)cs2)n1. The smallest absolute Gasteiger partial charge is 0.273 e. The van der Waals surface area contributed by atoms with Crippen LogP contribution in [0.4, 0.5) is 11.1 Å². The Morgan fingerprint density at radius 1 is 1.41 bits per heavy atom. The summed E-state index contributed by atoms with van der Waals surface area (Å²) in [4.78, 5) is 40.8. The molecule has 0 aliphatic carbocycles. The van der Waals surface area contributed by atoms with Gasteiger partial charge in [-0.1, -0.05) is 0 Å². The molecule has 2 aromatic heterocycles. The molecule has 2 fully saturated rings. The summed E-state index contributed by atoms with van der Waals surface area (Å²) in [5.41, 5.74) is 1.15. The van der Waals surface area contributed by atoms with Crippen LogP contribution in [-0.4, -0.2) is 69.3 Å². The molecule has 4 rings (SSSR count). The van der Waals surface area contributed by atoms with Gasteiger partial charge in [-0.05, 0) is 25.5 Å². The molecule has 2 amide bonds. The van der Waals surface area contributed by atoms with Crippen LogP contribution in [0.2, 0.25) is 0 Å². The fraction of sp³-hybridized carbons (Fsp3) is 0.444. The van der Waals surface area contributed by atoms with Gasteiger partial charge in [-0.2, -0.15) is 5.26 Å². The Morgan fingerprint density at radius 3 is 3.14 bits per heavy atom. The summed E-state index contributed by atoms with van der Waals surface area (Å²) >= 11 is 1.28. The quantitative estimate of drug-likeness (QED) is 0.694. The highest BCUT2D eigenvalue weighted by Crippen LogP contribution is 2.30. The molecule has 11 heteroatoms. The second-order valence-electron chi connectivity index (χ2n) is 6.83. The fourth-order valence-electron chi connectivity index (χ4n) is 3.56. The molecule has 29 heavy (non-hydrogen) atoms.